The normalized spacial score (nSPS) is 10.7. The lowest BCUT2D eigenvalue weighted by Crippen LogP contribution is -2.15. The summed E-state index contributed by atoms with van der Waals surface area (Å²) in [7, 11) is 3.86. The van der Waals surface area contributed by atoms with E-state index in [1.807, 2.05) is 25.9 Å². The first kappa shape index (κ1) is 14.0. The zero-order valence-electron chi connectivity index (χ0n) is 11.2. The van der Waals surface area contributed by atoms with Crippen molar-refractivity contribution in [3.05, 3.63) is 0 Å². The van der Waals surface area contributed by atoms with Crippen molar-refractivity contribution < 1.29 is 0 Å². The molecule has 1 aromatic rings. The third-order valence-corrected chi connectivity index (χ3v) is 3.16. The van der Waals surface area contributed by atoms with E-state index in [2.05, 4.69) is 34.1 Å². The van der Waals surface area contributed by atoms with Gasteiger partial charge in [-0.15, -0.1) is 0 Å². The van der Waals surface area contributed by atoms with E-state index >= 15 is 0 Å². The quantitative estimate of drug-likeness (QED) is 0.786. The van der Waals surface area contributed by atoms with Crippen LogP contribution >= 0.6 is 11.8 Å². The monoisotopic (exact) mass is 255 g/mol. The van der Waals surface area contributed by atoms with Gasteiger partial charge in [0.25, 0.3) is 0 Å². The molecule has 0 aliphatic rings. The van der Waals surface area contributed by atoms with Crippen molar-refractivity contribution in [1.82, 2.24) is 15.0 Å². The number of nitrogens with one attached hydrogen (secondary N) is 1. The standard InChI is InChI=1S/C11H21N5S/c1-6-12-9-13-10(16(4)5)15-11(14-9)17-7-8(2)3/h8H,6-7H2,1-5H3,(H,12,13,14,15). The van der Waals surface area contributed by atoms with E-state index in [0.29, 0.717) is 17.8 Å². The summed E-state index contributed by atoms with van der Waals surface area (Å²) in [4.78, 5) is 15.0. The molecule has 1 heterocycles. The van der Waals surface area contributed by atoms with Crippen molar-refractivity contribution in [2.45, 2.75) is 25.9 Å². The van der Waals surface area contributed by atoms with E-state index in [0.717, 1.165) is 17.5 Å². The number of thioether (sulfide) groups is 1. The van der Waals surface area contributed by atoms with Crippen LogP contribution in [0.3, 0.4) is 0 Å². The van der Waals surface area contributed by atoms with Crippen molar-refractivity contribution in [2.75, 3.05) is 36.6 Å². The Morgan fingerprint density at radius 2 is 1.94 bits per heavy atom. The minimum Gasteiger partial charge on any atom is -0.354 e. The van der Waals surface area contributed by atoms with Gasteiger partial charge in [0.1, 0.15) is 0 Å². The molecular formula is C11H21N5S. The van der Waals surface area contributed by atoms with Crippen LogP contribution in [0.1, 0.15) is 20.8 Å². The molecule has 0 aliphatic carbocycles. The van der Waals surface area contributed by atoms with Crippen LogP contribution in [-0.4, -0.2) is 41.3 Å². The Morgan fingerprint density at radius 3 is 2.47 bits per heavy atom. The van der Waals surface area contributed by atoms with Gasteiger partial charge in [-0.1, -0.05) is 25.6 Å². The summed E-state index contributed by atoms with van der Waals surface area (Å²) in [6.45, 7) is 7.21. The number of rotatable bonds is 6. The fraction of sp³-hybridized carbons (Fsp3) is 0.727. The van der Waals surface area contributed by atoms with E-state index < -0.39 is 0 Å². The lowest BCUT2D eigenvalue weighted by atomic mass is 10.3. The van der Waals surface area contributed by atoms with E-state index in [9.17, 15) is 0 Å². The van der Waals surface area contributed by atoms with Crippen LogP contribution in [-0.2, 0) is 0 Å². The van der Waals surface area contributed by atoms with Crippen LogP contribution in [0, 0.1) is 5.92 Å². The van der Waals surface area contributed by atoms with Gasteiger partial charge < -0.3 is 10.2 Å². The highest BCUT2D eigenvalue weighted by Gasteiger charge is 2.08. The zero-order valence-corrected chi connectivity index (χ0v) is 12.0. The molecule has 0 bridgehead atoms. The van der Waals surface area contributed by atoms with Crippen LogP contribution in [0.5, 0.6) is 0 Å². The van der Waals surface area contributed by atoms with Crippen molar-refractivity contribution >= 4 is 23.7 Å². The van der Waals surface area contributed by atoms with Gasteiger partial charge in [-0.3, -0.25) is 0 Å². The van der Waals surface area contributed by atoms with Crippen LogP contribution in [0.25, 0.3) is 0 Å². The topological polar surface area (TPSA) is 53.9 Å². The average molecular weight is 255 g/mol. The SMILES string of the molecule is CCNc1nc(SCC(C)C)nc(N(C)C)n1. The van der Waals surface area contributed by atoms with E-state index in [1.165, 1.54) is 0 Å². The first-order valence-corrected chi connectivity index (χ1v) is 6.81. The van der Waals surface area contributed by atoms with E-state index in [1.54, 1.807) is 11.8 Å². The molecule has 0 aromatic carbocycles. The molecule has 1 rings (SSSR count). The van der Waals surface area contributed by atoms with E-state index in [-0.39, 0.29) is 0 Å². The van der Waals surface area contributed by atoms with Crippen LogP contribution in [0.2, 0.25) is 0 Å². The third kappa shape index (κ3) is 4.77. The highest BCUT2D eigenvalue weighted by Crippen LogP contribution is 2.19. The van der Waals surface area contributed by atoms with Gasteiger partial charge in [0, 0.05) is 26.4 Å². The Hall–Kier alpha value is -1.04. The van der Waals surface area contributed by atoms with Gasteiger partial charge in [-0.05, 0) is 12.8 Å². The summed E-state index contributed by atoms with van der Waals surface area (Å²) in [5.41, 5.74) is 0. The Kier molecular flexibility index (Phi) is 5.47. The maximum absolute atomic E-state index is 4.41. The smallest absolute Gasteiger partial charge is 0.230 e. The molecule has 1 N–H and O–H groups in total. The first-order valence-electron chi connectivity index (χ1n) is 5.83. The summed E-state index contributed by atoms with van der Waals surface area (Å²) in [5, 5.41) is 3.91. The van der Waals surface area contributed by atoms with Gasteiger partial charge in [0.2, 0.25) is 11.9 Å². The van der Waals surface area contributed by atoms with Crippen LogP contribution in [0.4, 0.5) is 11.9 Å². The number of hydrogen-bond acceptors (Lipinski definition) is 6. The number of anilines is 2. The molecule has 17 heavy (non-hydrogen) atoms. The molecule has 5 nitrogen and oxygen atoms in total. The molecule has 0 unspecified atom stereocenters. The minimum absolute atomic E-state index is 0.627. The summed E-state index contributed by atoms with van der Waals surface area (Å²) >= 11 is 1.67. The third-order valence-electron chi connectivity index (χ3n) is 1.88. The second-order valence-electron chi connectivity index (χ2n) is 4.37. The molecule has 0 aliphatic heterocycles. The molecule has 96 valence electrons. The fourth-order valence-corrected chi connectivity index (χ4v) is 1.87. The highest BCUT2D eigenvalue weighted by atomic mass is 32.2. The maximum atomic E-state index is 4.41. The van der Waals surface area contributed by atoms with Crippen molar-refractivity contribution in [2.24, 2.45) is 5.92 Å². The fourth-order valence-electron chi connectivity index (χ4n) is 1.09. The number of aromatic nitrogens is 3. The van der Waals surface area contributed by atoms with Crippen LogP contribution in [0.15, 0.2) is 5.16 Å². The Balaban J connectivity index is 2.87. The van der Waals surface area contributed by atoms with Gasteiger partial charge in [0.15, 0.2) is 5.16 Å². The molecule has 0 atom stereocenters. The minimum atomic E-state index is 0.627. The number of hydrogen-bond donors (Lipinski definition) is 1. The Morgan fingerprint density at radius 1 is 1.24 bits per heavy atom. The van der Waals surface area contributed by atoms with Gasteiger partial charge in [-0.25, -0.2) is 0 Å². The molecule has 0 fully saturated rings. The molecule has 6 heteroatoms. The lowest BCUT2D eigenvalue weighted by Gasteiger charge is -2.13. The van der Waals surface area contributed by atoms with Crippen molar-refractivity contribution in [3.63, 3.8) is 0 Å². The Labute approximate surface area is 107 Å². The van der Waals surface area contributed by atoms with Gasteiger partial charge in [-0.2, -0.15) is 15.0 Å². The summed E-state index contributed by atoms with van der Waals surface area (Å²) in [6.07, 6.45) is 0. The average Bonchev–Trinajstić information content (AvgIpc) is 2.26. The molecule has 0 amide bonds. The second kappa shape index (κ2) is 6.64. The molecule has 0 saturated heterocycles. The number of nitrogens with zero attached hydrogens (tertiary/aromatic N) is 4. The summed E-state index contributed by atoms with van der Waals surface area (Å²) in [6, 6.07) is 0. The molecule has 0 radical (unpaired) electrons. The molecule has 1 aromatic heterocycles. The van der Waals surface area contributed by atoms with Gasteiger partial charge in [0.05, 0.1) is 0 Å². The molecular weight excluding hydrogens is 234 g/mol. The predicted molar refractivity (Wildman–Crippen MR) is 73.9 cm³/mol. The largest absolute Gasteiger partial charge is 0.354 e. The van der Waals surface area contributed by atoms with Crippen molar-refractivity contribution in [3.8, 4) is 0 Å². The first-order chi connectivity index (χ1) is 8.02. The summed E-state index contributed by atoms with van der Waals surface area (Å²) < 4.78 is 0. The zero-order chi connectivity index (χ0) is 12.8. The van der Waals surface area contributed by atoms with Crippen LogP contribution < -0.4 is 10.2 Å². The molecule has 0 spiro atoms. The summed E-state index contributed by atoms with van der Waals surface area (Å²) in [5.74, 6) is 2.99. The van der Waals surface area contributed by atoms with Gasteiger partial charge >= 0.3 is 0 Å². The second-order valence-corrected chi connectivity index (χ2v) is 5.36. The van der Waals surface area contributed by atoms with E-state index in [4.69, 9.17) is 0 Å². The highest BCUT2D eigenvalue weighted by molar-refractivity contribution is 7.99. The predicted octanol–water partition coefficient (Wildman–Crippen LogP) is 2.12. The Bertz CT molecular complexity index is 354. The molecule has 0 saturated carbocycles. The maximum Gasteiger partial charge on any atom is 0.230 e. The lowest BCUT2D eigenvalue weighted by molar-refractivity contribution is 0.746. The van der Waals surface area contributed by atoms with Crippen molar-refractivity contribution in [1.29, 1.82) is 0 Å².